The molecule has 1 rings (SSSR count). The Morgan fingerprint density at radius 3 is 2.64 bits per heavy atom. The molecule has 0 bridgehead atoms. The van der Waals surface area contributed by atoms with Gasteiger partial charge in [0.15, 0.2) is 0 Å². The van der Waals surface area contributed by atoms with Gasteiger partial charge in [-0.1, -0.05) is 0 Å². The van der Waals surface area contributed by atoms with Crippen LogP contribution in [0.25, 0.3) is 0 Å². The average Bonchev–Trinajstić information content (AvgIpc) is 1.97. The standard InChI is InChI=1S/C4H4BrN3O3/c1-7-2(9)6-3(10)8(5)4(7)11/h1H3,(H,6,9,10). The third-order valence-electron chi connectivity index (χ3n) is 1.11. The summed E-state index contributed by atoms with van der Waals surface area (Å²) in [6.07, 6.45) is 0. The van der Waals surface area contributed by atoms with E-state index in [0.29, 0.717) is 3.59 Å². The Hall–Kier alpha value is -1.11. The summed E-state index contributed by atoms with van der Waals surface area (Å²) in [6, 6.07) is -0.655. The van der Waals surface area contributed by atoms with Crippen LogP contribution in [0.3, 0.4) is 0 Å². The first-order valence-corrected chi connectivity index (χ1v) is 3.30. The monoisotopic (exact) mass is 221 g/mol. The minimum Gasteiger partial charge on any atom is -0.479 e. The third-order valence-corrected chi connectivity index (χ3v) is 1.73. The molecule has 1 heterocycles. The van der Waals surface area contributed by atoms with Crippen LogP contribution < -0.4 is 11.4 Å². The topological polar surface area (TPSA) is 77.1 Å². The van der Waals surface area contributed by atoms with Crippen molar-refractivity contribution in [3.8, 4) is 6.01 Å². The van der Waals surface area contributed by atoms with E-state index in [2.05, 4.69) is 21.1 Å². The second kappa shape index (κ2) is 2.50. The summed E-state index contributed by atoms with van der Waals surface area (Å²) in [5.41, 5.74) is -1.47. The summed E-state index contributed by atoms with van der Waals surface area (Å²) in [7, 11) is 1.26. The van der Waals surface area contributed by atoms with E-state index in [0.717, 1.165) is 4.57 Å². The summed E-state index contributed by atoms with van der Waals surface area (Å²) in [6.45, 7) is 0. The lowest BCUT2D eigenvalue weighted by molar-refractivity contribution is 0.410. The van der Waals surface area contributed by atoms with Crippen molar-refractivity contribution in [2.24, 2.45) is 7.05 Å². The highest BCUT2D eigenvalue weighted by atomic mass is 79.9. The molecule has 0 aliphatic carbocycles. The molecule has 0 aliphatic heterocycles. The fourth-order valence-corrected chi connectivity index (χ4v) is 0.821. The summed E-state index contributed by atoms with van der Waals surface area (Å²) >= 11 is 2.70. The van der Waals surface area contributed by atoms with Gasteiger partial charge in [0.25, 0.3) is 0 Å². The van der Waals surface area contributed by atoms with Gasteiger partial charge >= 0.3 is 17.4 Å². The fraction of sp³-hybridized carbons (Fsp3) is 0.250. The van der Waals surface area contributed by atoms with E-state index in [1.165, 1.54) is 7.05 Å². The van der Waals surface area contributed by atoms with Gasteiger partial charge in [0.2, 0.25) is 0 Å². The molecule has 0 aromatic carbocycles. The maximum absolute atomic E-state index is 10.9. The predicted octanol–water partition coefficient (Wildman–Crippen LogP) is -1.19. The highest BCUT2D eigenvalue weighted by molar-refractivity contribution is 9.08. The molecule has 0 spiro atoms. The van der Waals surface area contributed by atoms with Crippen molar-refractivity contribution in [1.82, 2.24) is 13.1 Å². The van der Waals surface area contributed by atoms with Crippen molar-refractivity contribution < 1.29 is 5.11 Å². The Morgan fingerprint density at radius 1 is 1.55 bits per heavy atom. The van der Waals surface area contributed by atoms with Gasteiger partial charge in [-0.25, -0.2) is 14.2 Å². The quantitative estimate of drug-likeness (QED) is 0.598. The van der Waals surface area contributed by atoms with E-state index >= 15 is 0 Å². The normalized spacial score (nSPS) is 10.0. The first-order valence-electron chi connectivity index (χ1n) is 2.59. The smallest absolute Gasteiger partial charge is 0.356 e. The van der Waals surface area contributed by atoms with Crippen LogP contribution in [0.1, 0.15) is 0 Å². The van der Waals surface area contributed by atoms with Gasteiger partial charge in [-0.05, 0) is 0 Å². The number of halogens is 1. The molecule has 6 nitrogen and oxygen atoms in total. The second-order valence-electron chi connectivity index (χ2n) is 1.82. The maximum Gasteiger partial charge on any atom is 0.356 e. The lowest BCUT2D eigenvalue weighted by atomic mass is 10.9. The largest absolute Gasteiger partial charge is 0.479 e. The Kier molecular flexibility index (Phi) is 1.81. The molecule has 0 fully saturated rings. The molecular formula is C4H4BrN3O3. The van der Waals surface area contributed by atoms with Gasteiger partial charge in [0.1, 0.15) is 0 Å². The van der Waals surface area contributed by atoms with Crippen molar-refractivity contribution in [2.45, 2.75) is 0 Å². The van der Waals surface area contributed by atoms with Crippen LogP contribution in [-0.4, -0.2) is 18.3 Å². The molecule has 60 valence electrons. The van der Waals surface area contributed by atoms with Gasteiger partial charge in [-0.2, -0.15) is 3.59 Å². The number of nitrogens with zero attached hydrogens (tertiary/aromatic N) is 3. The van der Waals surface area contributed by atoms with Gasteiger partial charge < -0.3 is 5.11 Å². The number of aromatic hydroxyl groups is 1. The Labute approximate surface area is 69.1 Å². The van der Waals surface area contributed by atoms with Crippen molar-refractivity contribution in [1.29, 1.82) is 0 Å². The number of rotatable bonds is 0. The molecular weight excluding hydrogens is 218 g/mol. The molecule has 1 N–H and O–H groups in total. The SMILES string of the molecule is Cn1c(=O)nc(O)n(Br)c1=O. The molecule has 0 saturated carbocycles. The van der Waals surface area contributed by atoms with E-state index in [-0.39, 0.29) is 0 Å². The number of hydrogen-bond acceptors (Lipinski definition) is 4. The van der Waals surface area contributed by atoms with Crippen LogP contribution in [0.2, 0.25) is 0 Å². The zero-order valence-corrected chi connectivity index (χ0v) is 7.07. The van der Waals surface area contributed by atoms with E-state index in [4.69, 9.17) is 5.11 Å². The summed E-state index contributed by atoms with van der Waals surface area (Å²) < 4.78 is 1.45. The fourth-order valence-electron chi connectivity index (χ4n) is 0.504. The van der Waals surface area contributed by atoms with Crippen molar-refractivity contribution >= 4 is 16.1 Å². The first kappa shape index (κ1) is 7.99. The first-order chi connectivity index (χ1) is 5.04. The van der Waals surface area contributed by atoms with E-state index in [1.807, 2.05) is 0 Å². The highest BCUT2D eigenvalue weighted by Gasteiger charge is 2.05. The van der Waals surface area contributed by atoms with Gasteiger partial charge in [-0.15, -0.1) is 4.98 Å². The highest BCUT2D eigenvalue weighted by Crippen LogP contribution is 1.98. The average molecular weight is 222 g/mol. The lowest BCUT2D eigenvalue weighted by Crippen LogP contribution is -2.36. The molecule has 0 atom stereocenters. The Morgan fingerprint density at radius 2 is 2.09 bits per heavy atom. The number of aromatic nitrogens is 3. The van der Waals surface area contributed by atoms with Crippen LogP contribution in [0, 0.1) is 0 Å². The van der Waals surface area contributed by atoms with E-state index < -0.39 is 17.4 Å². The molecule has 0 saturated heterocycles. The molecule has 1 aromatic rings. The van der Waals surface area contributed by atoms with Crippen molar-refractivity contribution in [2.75, 3.05) is 0 Å². The molecule has 0 amide bonds. The third kappa shape index (κ3) is 1.18. The van der Waals surface area contributed by atoms with E-state index in [1.54, 1.807) is 0 Å². The zero-order chi connectivity index (χ0) is 8.59. The Balaban J connectivity index is 3.74. The van der Waals surface area contributed by atoms with Crippen LogP contribution in [0.5, 0.6) is 6.01 Å². The van der Waals surface area contributed by atoms with Crippen molar-refractivity contribution in [3.63, 3.8) is 0 Å². The van der Waals surface area contributed by atoms with Crippen LogP contribution in [0.4, 0.5) is 0 Å². The predicted molar refractivity (Wildman–Crippen MR) is 39.7 cm³/mol. The minimum atomic E-state index is -0.789. The second-order valence-corrected chi connectivity index (χ2v) is 2.53. The van der Waals surface area contributed by atoms with Gasteiger partial charge in [0.05, 0.1) is 16.1 Å². The summed E-state index contributed by atoms with van der Waals surface area (Å²) in [5.74, 6) is 0. The van der Waals surface area contributed by atoms with Crippen molar-refractivity contribution in [3.05, 3.63) is 21.0 Å². The van der Waals surface area contributed by atoms with E-state index in [9.17, 15) is 9.59 Å². The lowest BCUT2D eigenvalue weighted by Gasteiger charge is -1.98. The molecule has 0 radical (unpaired) electrons. The minimum absolute atomic E-state index is 0.655. The maximum atomic E-state index is 10.9. The Bertz CT molecular complexity index is 393. The zero-order valence-electron chi connectivity index (χ0n) is 5.48. The van der Waals surface area contributed by atoms with Crippen LogP contribution in [0.15, 0.2) is 9.59 Å². The summed E-state index contributed by atoms with van der Waals surface area (Å²) in [4.78, 5) is 24.7. The molecule has 7 heteroatoms. The summed E-state index contributed by atoms with van der Waals surface area (Å²) in [5, 5.41) is 8.80. The molecule has 0 aliphatic rings. The van der Waals surface area contributed by atoms with Crippen LogP contribution in [-0.2, 0) is 7.05 Å². The van der Waals surface area contributed by atoms with Gasteiger partial charge in [-0.3, -0.25) is 0 Å². The molecule has 0 unspecified atom stereocenters. The van der Waals surface area contributed by atoms with Crippen LogP contribution >= 0.6 is 16.1 Å². The molecule has 11 heavy (non-hydrogen) atoms. The molecule has 1 aromatic heterocycles. The number of hydrogen-bond donors (Lipinski definition) is 1. The van der Waals surface area contributed by atoms with Gasteiger partial charge in [0, 0.05) is 7.05 Å².